The summed E-state index contributed by atoms with van der Waals surface area (Å²) in [6, 6.07) is 6.24. The molecule has 0 saturated carbocycles. The van der Waals surface area contributed by atoms with E-state index in [1.54, 1.807) is 22.6 Å². The van der Waals surface area contributed by atoms with E-state index in [2.05, 4.69) is 0 Å². The molecule has 0 nitrogen and oxygen atoms in total. The van der Waals surface area contributed by atoms with Crippen LogP contribution in [-0.4, -0.2) is 0 Å². The van der Waals surface area contributed by atoms with Gasteiger partial charge in [0.05, 0.1) is 9.13 Å². The zero-order valence-electron chi connectivity index (χ0n) is 9.23. The highest BCUT2D eigenvalue weighted by molar-refractivity contribution is 14.1. The number of benzene rings is 2. The van der Waals surface area contributed by atoms with Gasteiger partial charge in [-0.1, -0.05) is 18.2 Å². The molecule has 0 aromatic heterocycles. The number of hydrogen-bond donors (Lipinski definition) is 0. The van der Waals surface area contributed by atoms with Crippen LogP contribution in [0.3, 0.4) is 0 Å². The Hall–Kier alpha value is -1.18. The van der Waals surface area contributed by atoms with E-state index in [0.29, 0.717) is 6.07 Å². The van der Waals surface area contributed by atoms with Gasteiger partial charge in [0.15, 0.2) is 0 Å². The molecule has 2 aromatic carbocycles. The summed E-state index contributed by atoms with van der Waals surface area (Å²) < 4.78 is 65.2. The molecule has 0 radical (unpaired) electrons. The smallest absolute Gasteiger partial charge is 0.207 e. The first kappa shape index (κ1) is 14.2. The Kier molecular flexibility index (Phi) is 3.80. The Morgan fingerprint density at radius 2 is 1.53 bits per heavy atom. The molecule has 0 amide bonds. The third-order valence-electron chi connectivity index (χ3n) is 2.52. The summed E-state index contributed by atoms with van der Waals surface area (Å²) >= 11 is 1.56. The second-order valence-corrected chi connectivity index (χ2v) is 4.87. The molecular formula is C13H6F5I. The molecule has 6 heteroatoms. The highest BCUT2D eigenvalue weighted by Crippen LogP contribution is 2.39. The summed E-state index contributed by atoms with van der Waals surface area (Å²) in [5.74, 6) is -1.79. The zero-order valence-corrected chi connectivity index (χ0v) is 11.4. The maximum Gasteiger partial charge on any atom is 0.417 e. The van der Waals surface area contributed by atoms with Crippen molar-refractivity contribution in [3.8, 4) is 11.1 Å². The monoisotopic (exact) mass is 384 g/mol. The van der Waals surface area contributed by atoms with Gasteiger partial charge in [-0.2, -0.15) is 13.2 Å². The largest absolute Gasteiger partial charge is 0.417 e. The van der Waals surface area contributed by atoms with E-state index in [1.165, 1.54) is 18.2 Å². The Balaban J connectivity index is 2.73. The number of rotatable bonds is 1. The van der Waals surface area contributed by atoms with Gasteiger partial charge in [-0.05, 0) is 40.3 Å². The lowest BCUT2D eigenvalue weighted by Crippen LogP contribution is -2.07. The third kappa shape index (κ3) is 2.88. The molecule has 2 aromatic rings. The van der Waals surface area contributed by atoms with E-state index in [0.717, 1.165) is 12.1 Å². The zero-order chi connectivity index (χ0) is 14.2. The third-order valence-corrected chi connectivity index (χ3v) is 3.61. The highest BCUT2D eigenvalue weighted by Gasteiger charge is 2.34. The normalized spacial score (nSPS) is 11.7. The molecular weight excluding hydrogens is 378 g/mol. The maximum atomic E-state index is 13.4. The Morgan fingerprint density at radius 1 is 0.895 bits per heavy atom. The van der Waals surface area contributed by atoms with Crippen LogP contribution in [0.1, 0.15) is 5.56 Å². The van der Waals surface area contributed by atoms with Crippen molar-refractivity contribution in [2.24, 2.45) is 0 Å². The Labute approximate surface area is 119 Å². The fourth-order valence-corrected chi connectivity index (χ4v) is 2.32. The van der Waals surface area contributed by atoms with Crippen LogP contribution in [0, 0.1) is 15.2 Å². The molecule has 0 heterocycles. The Morgan fingerprint density at radius 3 is 2.16 bits per heavy atom. The van der Waals surface area contributed by atoms with Gasteiger partial charge in [0.2, 0.25) is 0 Å². The van der Waals surface area contributed by atoms with Gasteiger partial charge in [-0.15, -0.1) is 0 Å². The first-order valence-electron chi connectivity index (χ1n) is 5.12. The van der Waals surface area contributed by atoms with E-state index < -0.39 is 23.4 Å². The molecule has 100 valence electrons. The molecule has 0 atom stereocenters. The number of hydrogen-bond acceptors (Lipinski definition) is 0. The second-order valence-electron chi connectivity index (χ2n) is 3.79. The topological polar surface area (TPSA) is 0 Å². The van der Waals surface area contributed by atoms with Crippen LogP contribution in [0.2, 0.25) is 0 Å². The maximum absolute atomic E-state index is 13.4. The van der Waals surface area contributed by atoms with E-state index in [9.17, 15) is 22.0 Å². The molecule has 0 N–H and O–H groups in total. The second kappa shape index (κ2) is 5.07. The van der Waals surface area contributed by atoms with Crippen molar-refractivity contribution in [2.45, 2.75) is 6.18 Å². The molecule has 2 rings (SSSR count). The predicted octanol–water partition coefficient (Wildman–Crippen LogP) is 5.26. The van der Waals surface area contributed by atoms with Crippen LogP contribution < -0.4 is 0 Å². The molecule has 0 aliphatic carbocycles. The predicted molar refractivity (Wildman–Crippen MR) is 69.5 cm³/mol. The van der Waals surface area contributed by atoms with Crippen molar-refractivity contribution in [3.63, 3.8) is 0 Å². The van der Waals surface area contributed by atoms with Gasteiger partial charge in [0.25, 0.3) is 0 Å². The molecule has 0 aliphatic rings. The van der Waals surface area contributed by atoms with E-state index in [4.69, 9.17) is 0 Å². The first-order chi connectivity index (χ1) is 8.80. The summed E-state index contributed by atoms with van der Waals surface area (Å²) in [6.45, 7) is 0. The first-order valence-corrected chi connectivity index (χ1v) is 6.19. The van der Waals surface area contributed by atoms with Gasteiger partial charge in [0, 0.05) is 11.6 Å². The standard InChI is InChI=1S/C13H6F5I/c14-7-5-9(12(19)11(15)6-7)8-3-1-2-4-10(8)13(16,17)18/h1-6H. The fraction of sp³-hybridized carbons (Fsp3) is 0.0769. The van der Waals surface area contributed by atoms with Crippen molar-refractivity contribution >= 4 is 22.6 Å². The molecule has 0 unspecified atom stereocenters. The van der Waals surface area contributed by atoms with Crippen molar-refractivity contribution in [1.29, 1.82) is 0 Å². The van der Waals surface area contributed by atoms with Crippen LogP contribution in [-0.2, 0) is 6.18 Å². The molecule has 0 aliphatic heterocycles. The molecule has 0 spiro atoms. The van der Waals surface area contributed by atoms with Crippen LogP contribution in [0.4, 0.5) is 22.0 Å². The van der Waals surface area contributed by atoms with Crippen LogP contribution >= 0.6 is 22.6 Å². The fourth-order valence-electron chi connectivity index (χ4n) is 1.72. The Bertz CT molecular complexity index is 619. The van der Waals surface area contributed by atoms with Gasteiger partial charge in [-0.3, -0.25) is 0 Å². The minimum atomic E-state index is -4.58. The highest BCUT2D eigenvalue weighted by atomic mass is 127. The van der Waals surface area contributed by atoms with Crippen LogP contribution in [0.25, 0.3) is 11.1 Å². The van der Waals surface area contributed by atoms with Crippen molar-refractivity contribution < 1.29 is 22.0 Å². The van der Waals surface area contributed by atoms with Crippen LogP contribution in [0.15, 0.2) is 36.4 Å². The van der Waals surface area contributed by atoms with Gasteiger partial charge < -0.3 is 0 Å². The minimum Gasteiger partial charge on any atom is -0.207 e. The van der Waals surface area contributed by atoms with Crippen LogP contribution in [0.5, 0.6) is 0 Å². The van der Waals surface area contributed by atoms with Gasteiger partial charge in [0.1, 0.15) is 11.6 Å². The molecule has 0 saturated heterocycles. The molecule has 0 bridgehead atoms. The van der Waals surface area contributed by atoms with E-state index in [1.807, 2.05) is 0 Å². The molecule has 0 fully saturated rings. The molecule has 19 heavy (non-hydrogen) atoms. The lowest BCUT2D eigenvalue weighted by molar-refractivity contribution is -0.137. The lowest BCUT2D eigenvalue weighted by atomic mass is 9.99. The minimum absolute atomic E-state index is 0.0456. The summed E-state index contributed by atoms with van der Waals surface area (Å²) in [7, 11) is 0. The van der Waals surface area contributed by atoms with Crippen molar-refractivity contribution in [2.75, 3.05) is 0 Å². The van der Waals surface area contributed by atoms with Gasteiger partial charge >= 0.3 is 6.18 Å². The summed E-state index contributed by atoms with van der Waals surface area (Å²) in [6.07, 6.45) is -4.58. The quantitative estimate of drug-likeness (QED) is 0.358. The van der Waals surface area contributed by atoms with Gasteiger partial charge in [-0.25, -0.2) is 8.78 Å². The average molecular weight is 384 g/mol. The average Bonchev–Trinajstić information content (AvgIpc) is 2.33. The van der Waals surface area contributed by atoms with Crippen molar-refractivity contribution in [1.82, 2.24) is 0 Å². The summed E-state index contributed by atoms with van der Waals surface area (Å²) in [5.41, 5.74) is -1.26. The van der Waals surface area contributed by atoms with Crippen molar-refractivity contribution in [3.05, 3.63) is 57.2 Å². The van der Waals surface area contributed by atoms with E-state index >= 15 is 0 Å². The number of alkyl halides is 3. The number of halogens is 6. The van der Waals surface area contributed by atoms with E-state index in [-0.39, 0.29) is 14.7 Å². The SMILES string of the molecule is Fc1cc(F)c(I)c(-c2ccccc2C(F)(F)F)c1. The lowest BCUT2D eigenvalue weighted by Gasteiger charge is -2.14. The summed E-state index contributed by atoms with van der Waals surface area (Å²) in [5, 5.41) is 0. The summed E-state index contributed by atoms with van der Waals surface area (Å²) in [4.78, 5) is 0.